The van der Waals surface area contributed by atoms with Crippen LogP contribution in [0.3, 0.4) is 0 Å². The first-order valence-electron chi connectivity index (χ1n) is 6.52. The molecule has 0 bridgehead atoms. The average Bonchev–Trinajstić information content (AvgIpc) is 3.07. The molecule has 24 heavy (non-hydrogen) atoms. The molecule has 0 saturated carbocycles. The SMILES string of the molecule is FC(C(F)(F)F)C(F)(F)Oc1ccc(-c2c[n+]3ccsc3[nH]2)cc1. The van der Waals surface area contributed by atoms with E-state index in [2.05, 4.69) is 9.72 Å². The van der Waals surface area contributed by atoms with Gasteiger partial charge in [0.05, 0.1) is 0 Å². The lowest BCUT2D eigenvalue weighted by Crippen LogP contribution is -2.45. The number of aromatic nitrogens is 2. The Morgan fingerprint density at radius 1 is 1.08 bits per heavy atom. The molecule has 3 aromatic rings. The minimum atomic E-state index is -5.71. The summed E-state index contributed by atoms with van der Waals surface area (Å²) in [6.45, 7) is 0. The van der Waals surface area contributed by atoms with Gasteiger partial charge in [-0.15, -0.1) is 0 Å². The zero-order valence-corrected chi connectivity index (χ0v) is 12.5. The molecular weight excluding hydrogens is 358 g/mol. The van der Waals surface area contributed by atoms with Crippen LogP contribution in [-0.2, 0) is 0 Å². The lowest BCUT2D eigenvalue weighted by Gasteiger charge is -2.23. The molecule has 3 rings (SSSR count). The Labute approximate surface area is 135 Å². The molecule has 0 aliphatic heterocycles. The third kappa shape index (κ3) is 3.18. The highest BCUT2D eigenvalue weighted by atomic mass is 32.1. The molecule has 1 atom stereocenters. The van der Waals surface area contributed by atoms with Crippen molar-refractivity contribution in [3.05, 3.63) is 42.0 Å². The van der Waals surface area contributed by atoms with Gasteiger partial charge in [-0.2, -0.15) is 26.4 Å². The molecule has 0 amide bonds. The number of halogens is 6. The van der Waals surface area contributed by atoms with Crippen molar-refractivity contribution >= 4 is 16.3 Å². The predicted molar refractivity (Wildman–Crippen MR) is 73.8 cm³/mol. The molecule has 10 heteroatoms. The molecule has 2 heterocycles. The molecule has 0 radical (unpaired) electrons. The smallest absolute Gasteiger partial charge is 0.430 e. The van der Waals surface area contributed by atoms with E-state index in [9.17, 15) is 26.3 Å². The van der Waals surface area contributed by atoms with E-state index in [1.54, 1.807) is 6.20 Å². The second-order valence-electron chi connectivity index (χ2n) is 4.88. The molecule has 1 N–H and O–H groups in total. The van der Waals surface area contributed by atoms with Gasteiger partial charge in [0.15, 0.2) is 5.69 Å². The maximum absolute atomic E-state index is 13.2. The van der Waals surface area contributed by atoms with Crippen LogP contribution in [0.5, 0.6) is 5.75 Å². The molecule has 0 spiro atoms. The summed E-state index contributed by atoms with van der Waals surface area (Å²) < 4.78 is 81.1. The molecule has 2 aromatic heterocycles. The quantitative estimate of drug-likeness (QED) is 0.539. The third-order valence-corrected chi connectivity index (χ3v) is 3.94. The summed E-state index contributed by atoms with van der Waals surface area (Å²) in [5.74, 6) is -0.573. The van der Waals surface area contributed by atoms with Crippen molar-refractivity contribution < 1.29 is 35.5 Å². The summed E-state index contributed by atoms with van der Waals surface area (Å²) in [6, 6.07) is 4.85. The van der Waals surface area contributed by atoms with Crippen LogP contribution < -0.4 is 9.14 Å². The van der Waals surface area contributed by atoms with Gasteiger partial charge < -0.3 is 4.74 Å². The molecule has 0 saturated heterocycles. The van der Waals surface area contributed by atoms with Crippen LogP contribution in [0.15, 0.2) is 42.0 Å². The van der Waals surface area contributed by atoms with E-state index in [0.717, 1.165) is 17.1 Å². The maximum Gasteiger partial charge on any atom is 0.439 e. The zero-order valence-electron chi connectivity index (χ0n) is 11.7. The Morgan fingerprint density at radius 2 is 1.75 bits per heavy atom. The lowest BCUT2D eigenvalue weighted by molar-refractivity contribution is -0.505. The number of hydrogen-bond acceptors (Lipinski definition) is 2. The van der Waals surface area contributed by atoms with Crippen molar-refractivity contribution in [1.82, 2.24) is 4.98 Å². The number of imidazole rings is 1. The van der Waals surface area contributed by atoms with Crippen molar-refractivity contribution in [3.8, 4) is 17.0 Å². The normalized spacial score (nSPS) is 14.1. The van der Waals surface area contributed by atoms with Crippen LogP contribution in [0.2, 0.25) is 0 Å². The number of hydrogen-bond donors (Lipinski definition) is 1. The van der Waals surface area contributed by atoms with Crippen molar-refractivity contribution in [2.75, 3.05) is 0 Å². The lowest BCUT2D eigenvalue weighted by atomic mass is 10.1. The number of ether oxygens (including phenoxy) is 1. The Bertz CT molecular complexity index is 810. The fraction of sp³-hybridized carbons (Fsp3) is 0.214. The number of nitrogens with one attached hydrogen (secondary N) is 1. The number of aromatic amines is 1. The van der Waals surface area contributed by atoms with Crippen molar-refractivity contribution in [2.45, 2.75) is 18.5 Å². The maximum atomic E-state index is 13.2. The molecule has 1 aromatic carbocycles. The minimum absolute atomic E-state index is 0.573. The predicted octanol–water partition coefficient (Wildman–Crippen LogP) is 4.35. The van der Waals surface area contributed by atoms with Crippen LogP contribution >= 0.6 is 11.3 Å². The van der Waals surface area contributed by atoms with E-state index < -0.39 is 24.2 Å². The van der Waals surface area contributed by atoms with E-state index in [-0.39, 0.29) is 0 Å². The summed E-state index contributed by atoms with van der Waals surface area (Å²) in [5, 5.41) is 1.86. The average molecular weight is 367 g/mol. The Morgan fingerprint density at radius 3 is 2.33 bits per heavy atom. The van der Waals surface area contributed by atoms with Gasteiger partial charge in [0.25, 0.3) is 6.17 Å². The van der Waals surface area contributed by atoms with E-state index in [0.29, 0.717) is 11.3 Å². The minimum Gasteiger partial charge on any atom is -0.430 e. The third-order valence-electron chi connectivity index (χ3n) is 3.15. The highest BCUT2D eigenvalue weighted by Crippen LogP contribution is 2.36. The van der Waals surface area contributed by atoms with Gasteiger partial charge in [0.1, 0.15) is 18.1 Å². The van der Waals surface area contributed by atoms with Gasteiger partial charge in [-0.1, -0.05) is 11.3 Å². The molecule has 128 valence electrons. The van der Waals surface area contributed by atoms with E-state index in [1.807, 2.05) is 16.0 Å². The largest absolute Gasteiger partial charge is 0.439 e. The van der Waals surface area contributed by atoms with Crippen molar-refractivity contribution in [3.63, 3.8) is 0 Å². The number of benzene rings is 1. The fourth-order valence-electron chi connectivity index (χ4n) is 2.02. The zero-order chi connectivity index (χ0) is 17.5. The van der Waals surface area contributed by atoms with Gasteiger partial charge in [-0.3, -0.25) is 0 Å². The molecule has 0 fully saturated rings. The Balaban J connectivity index is 1.78. The molecule has 0 aliphatic rings. The first-order chi connectivity index (χ1) is 11.2. The van der Waals surface area contributed by atoms with E-state index in [1.165, 1.54) is 23.5 Å². The van der Waals surface area contributed by atoms with Gasteiger partial charge in [-0.05, 0) is 24.3 Å². The van der Waals surface area contributed by atoms with Gasteiger partial charge >= 0.3 is 17.2 Å². The molecule has 1 unspecified atom stereocenters. The van der Waals surface area contributed by atoms with Gasteiger partial charge in [-0.25, -0.2) is 9.37 Å². The highest BCUT2D eigenvalue weighted by Gasteiger charge is 2.59. The number of alkyl halides is 6. The number of H-pyrrole nitrogens is 1. The highest BCUT2D eigenvalue weighted by molar-refractivity contribution is 7.14. The standard InChI is InChI=1S/C14H8F6N2OS/c15-11(13(16,17)18)14(19,20)23-9-3-1-8(2-4-9)10-7-22-5-6-24-12(22)21-10/h1-7,11H/p+1. The number of fused-ring (bicyclic) bond motifs is 1. The summed E-state index contributed by atoms with van der Waals surface area (Å²) in [5.41, 5.74) is 1.29. The summed E-state index contributed by atoms with van der Waals surface area (Å²) in [6.07, 6.45) is -11.5. The van der Waals surface area contributed by atoms with Gasteiger partial charge in [0.2, 0.25) is 0 Å². The fourth-order valence-corrected chi connectivity index (χ4v) is 2.74. The van der Waals surface area contributed by atoms with Crippen LogP contribution in [-0.4, -0.2) is 23.4 Å². The molecule has 0 aliphatic carbocycles. The summed E-state index contributed by atoms with van der Waals surface area (Å²) >= 11 is 1.45. The summed E-state index contributed by atoms with van der Waals surface area (Å²) in [7, 11) is 0. The van der Waals surface area contributed by atoms with Crippen molar-refractivity contribution in [1.29, 1.82) is 0 Å². The number of rotatable bonds is 4. The molecule has 3 nitrogen and oxygen atoms in total. The van der Waals surface area contributed by atoms with Crippen LogP contribution in [0, 0.1) is 0 Å². The van der Waals surface area contributed by atoms with Crippen LogP contribution in [0.4, 0.5) is 26.3 Å². The summed E-state index contributed by atoms with van der Waals surface area (Å²) in [4.78, 5) is 3.93. The Kier molecular flexibility index (Phi) is 3.94. The second kappa shape index (κ2) is 5.69. The van der Waals surface area contributed by atoms with Crippen LogP contribution in [0.25, 0.3) is 16.2 Å². The van der Waals surface area contributed by atoms with Crippen LogP contribution in [0.1, 0.15) is 0 Å². The number of nitrogens with zero attached hydrogens (tertiary/aromatic N) is 1. The second-order valence-corrected chi connectivity index (χ2v) is 5.77. The Hall–Kier alpha value is -2.23. The van der Waals surface area contributed by atoms with E-state index >= 15 is 0 Å². The first-order valence-corrected chi connectivity index (χ1v) is 7.40. The monoisotopic (exact) mass is 367 g/mol. The van der Waals surface area contributed by atoms with E-state index in [4.69, 9.17) is 0 Å². The van der Waals surface area contributed by atoms with Gasteiger partial charge in [0, 0.05) is 10.9 Å². The topological polar surface area (TPSA) is 29.1 Å². The molecular formula is C14H9F6N2OS+. The number of thiazole rings is 1. The first kappa shape index (κ1) is 16.6. The van der Waals surface area contributed by atoms with Crippen molar-refractivity contribution in [2.24, 2.45) is 0 Å².